The van der Waals surface area contributed by atoms with Crippen LogP contribution in [0.5, 0.6) is 0 Å². The van der Waals surface area contributed by atoms with Crippen LogP contribution >= 0.6 is 0 Å². The molecule has 0 amide bonds. The third kappa shape index (κ3) is 4.47. The fraction of sp³-hybridized carbons (Fsp3) is 0.857. The van der Waals surface area contributed by atoms with E-state index in [4.69, 9.17) is 4.74 Å². The van der Waals surface area contributed by atoms with Crippen molar-refractivity contribution in [3.8, 4) is 0 Å². The summed E-state index contributed by atoms with van der Waals surface area (Å²) < 4.78 is 4.86. The molecule has 0 aromatic carbocycles. The Bertz CT molecular complexity index is 93.6. The summed E-state index contributed by atoms with van der Waals surface area (Å²) in [6.07, 6.45) is 1.37. The van der Waals surface area contributed by atoms with Crippen LogP contribution in [0.3, 0.4) is 0 Å². The van der Waals surface area contributed by atoms with Gasteiger partial charge < -0.3 is 14.4 Å². The highest BCUT2D eigenvalue weighted by Crippen LogP contribution is 1.93. The van der Waals surface area contributed by atoms with Crippen molar-refractivity contribution in [1.82, 2.24) is 4.90 Å². The lowest BCUT2D eigenvalue weighted by molar-refractivity contribution is -0.116. The Kier molecular flexibility index (Phi) is 5.16. The van der Waals surface area contributed by atoms with Crippen LogP contribution in [0.25, 0.3) is 0 Å². The summed E-state index contributed by atoms with van der Waals surface area (Å²) in [5.74, 6) is 0. The van der Waals surface area contributed by atoms with E-state index in [1.807, 2.05) is 19.0 Å². The Hall–Kier alpha value is -0.410. The molecule has 0 fully saturated rings. The maximum Gasteiger partial charge on any atom is 0.148 e. The summed E-state index contributed by atoms with van der Waals surface area (Å²) in [5.41, 5.74) is 0. The zero-order valence-electron chi connectivity index (χ0n) is 6.83. The van der Waals surface area contributed by atoms with Crippen LogP contribution in [0.4, 0.5) is 0 Å². The largest absolute Gasteiger partial charge is 0.374 e. The number of carbonyl (C=O) groups excluding carboxylic acids is 1. The summed E-state index contributed by atoms with van der Waals surface area (Å²) in [6, 6.07) is 0. The molecule has 0 rings (SSSR count). The van der Waals surface area contributed by atoms with E-state index in [-0.39, 0.29) is 6.10 Å². The minimum absolute atomic E-state index is 0.234. The third-order valence-corrected chi connectivity index (χ3v) is 1.32. The number of aldehydes is 1. The second kappa shape index (κ2) is 5.38. The molecule has 0 aromatic heterocycles. The van der Waals surface area contributed by atoms with Gasteiger partial charge in [-0.1, -0.05) is 0 Å². The molecule has 0 aliphatic heterocycles. The number of hydrogen-bond donors (Lipinski definition) is 0. The Balaban J connectivity index is 3.34. The SMILES string of the molecule is COC(C=O)CCN(C)C. The first kappa shape index (κ1) is 9.59. The fourth-order valence-electron chi connectivity index (χ4n) is 0.627. The highest BCUT2D eigenvalue weighted by atomic mass is 16.5. The van der Waals surface area contributed by atoms with Gasteiger partial charge in [-0.2, -0.15) is 0 Å². The molecule has 10 heavy (non-hydrogen) atoms. The summed E-state index contributed by atoms with van der Waals surface area (Å²) in [5, 5.41) is 0. The van der Waals surface area contributed by atoms with Crippen molar-refractivity contribution in [2.24, 2.45) is 0 Å². The average Bonchev–Trinajstić information content (AvgIpc) is 1.90. The predicted octanol–water partition coefficient (Wildman–Crippen LogP) is 0.152. The predicted molar refractivity (Wildman–Crippen MR) is 40.0 cm³/mol. The second-order valence-electron chi connectivity index (χ2n) is 2.50. The molecular formula is C7H15NO2. The smallest absolute Gasteiger partial charge is 0.148 e. The highest BCUT2D eigenvalue weighted by molar-refractivity contribution is 5.55. The van der Waals surface area contributed by atoms with Crippen LogP contribution in [-0.4, -0.2) is 45.0 Å². The summed E-state index contributed by atoms with van der Waals surface area (Å²) in [4.78, 5) is 12.2. The number of nitrogens with zero attached hydrogens (tertiary/aromatic N) is 1. The third-order valence-electron chi connectivity index (χ3n) is 1.32. The van der Waals surface area contributed by atoms with Gasteiger partial charge in [-0.15, -0.1) is 0 Å². The molecule has 0 N–H and O–H groups in total. The average molecular weight is 145 g/mol. The minimum atomic E-state index is -0.234. The van der Waals surface area contributed by atoms with Gasteiger partial charge in [-0.3, -0.25) is 0 Å². The van der Waals surface area contributed by atoms with E-state index < -0.39 is 0 Å². The van der Waals surface area contributed by atoms with Gasteiger partial charge in [0.15, 0.2) is 0 Å². The molecule has 0 aliphatic carbocycles. The molecule has 1 unspecified atom stereocenters. The van der Waals surface area contributed by atoms with Gasteiger partial charge in [0, 0.05) is 13.7 Å². The van der Waals surface area contributed by atoms with Gasteiger partial charge >= 0.3 is 0 Å². The molecule has 0 aliphatic rings. The van der Waals surface area contributed by atoms with Crippen molar-refractivity contribution < 1.29 is 9.53 Å². The van der Waals surface area contributed by atoms with Gasteiger partial charge in [0.05, 0.1) is 0 Å². The number of carbonyl (C=O) groups is 1. The standard InChI is InChI=1S/C7H15NO2/c1-8(2)5-4-7(6-9)10-3/h6-7H,4-5H2,1-3H3. The number of methoxy groups -OCH3 is 1. The van der Waals surface area contributed by atoms with Crippen molar-refractivity contribution in [2.75, 3.05) is 27.7 Å². The van der Waals surface area contributed by atoms with E-state index in [9.17, 15) is 4.79 Å². The first-order valence-corrected chi connectivity index (χ1v) is 3.33. The van der Waals surface area contributed by atoms with Crippen molar-refractivity contribution in [3.05, 3.63) is 0 Å². The topological polar surface area (TPSA) is 29.5 Å². The lowest BCUT2D eigenvalue weighted by Crippen LogP contribution is -2.21. The van der Waals surface area contributed by atoms with E-state index in [0.717, 1.165) is 19.3 Å². The van der Waals surface area contributed by atoms with Gasteiger partial charge in [0.2, 0.25) is 0 Å². The van der Waals surface area contributed by atoms with Crippen LogP contribution in [0.1, 0.15) is 6.42 Å². The summed E-state index contributed by atoms with van der Waals surface area (Å²) in [7, 11) is 5.49. The van der Waals surface area contributed by atoms with Crippen molar-refractivity contribution in [3.63, 3.8) is 0 Å². The molecule has 0 bridgehead atoms. The van der Waals surface area contributed by atoms with Crippen LogP contribution in [0.2, 0.25) is 0 Å². The van der Waals surface area contributed by atoms with Crippen molar-refractivity contribution in [2.45, 2.75) is 12.5 Å². The first-order chi connectivity index (χ1) is 4.70. The molecule has 0 heterocycles. The van der Waals surface area contributed by atoms with Crippen LogP contribution in [0, 0.1) is 0 Å². The lowest BCUT2D eigenvalue weighted by Gasteiger charge is -2.12. The van der Waals surface area contributed by atoms with Crippen LogP contribution < -0.4 is 0 Å². The molecule has 0 spiro atoms. The molecule has 3 heteroatoms. The molecular weight excluding hydrogens is 130 g/mol. The second-order valence-corrected chi connectivity index (χ2v) is 2.50. The summed E-state index contributed by atoms with van der Waals surface area (Å²) >= 11 is 0. The van der Waals surface area contributed by atoms with Gasteiger partial charge in [-0.05, 0) is 20.5 Å². The van der Waals surface area contributed by atoms with E-state index in [2.05, 4.69) is 0 Å². The highest BCUT2D eigenvalue weighted by Gasteiger charge is 2.03. The van der Waals surface area contributed by atoms with Crippen LogP contribution in [-0.2, 0) is 9.53 Å². The fourth-order valence-corrected chi connectivity index (χ4v) is 0.627. The molecule has 1 atom stereocenters. The lowest BCUT2D eigenvalue weighted by atomic mass is 10.3. The van der Waals surface area contributed by atoms with E-state index in [1.165, 1.54) is 0 Å². The maximum atomic E-state index is 10.2. The van der Waals surface area contributed by atoms with Gasteiger partial charge in [-0.25, -0.2) is 0 Å². The maximum absolute atomic E-state index is 10.2. The zero-order valence-corrected chi connectivity index (χ0v) is 6.83. The molecule has 3 nitrogen and oxygen atoms in total. The van der Waals surface area contributed by atoms with Crippen molar-refractivity contribution in [1.29, 1.82) is 0 Å². The molecule has 0 saturated carbocycles. The van der Waals surface area contributed by atoms with Crippen LogP contribution in [0.15, 0.2) is 0 Å². The number of hydrogen-bond acceptors (Lipinski definition) is 3. The zero-order chi connectivity index (χ0) is 7.98. The Morgan fingerprint density at radius 3 is 2.50 bits per heavy atom. The quantitative estimate of drug-likeness (QED) is 0.516. The minimum Gasteiger partial charge on any atom is -0.374 e. The van der Waals surface area contributed by atoms with E-state index >= 15 is 0 Å². The molecule has 60 valence electrons. The molecule has 0 aromatic rings. The van der Waals surface area contributed by atoms with Crippen molar-refractivity contribution >= 4 is 6.29 Å². The van der Waals surface area contributed by atoms with E-state index in [0.29, 0.717) is 0 Å². The van der Waals surface area contributed by atoms with Gasteiger partial charge in [0.1, 0.15) is 12.4 Å². The Morgan fingerprint density at radius 2 is 2.20 bits per heavy atom. The molecule has 0 saturated heterocycles. The molecule has 0 radical (unpaired) electrons. The Labute approximate surface area is 62.0 Å². The Morgan fingerprint density at radius 1 is 1.60 bits per heavy atom. The normalized spacial score (nSPS) is 13.6. The number of ether oxygens (including phenoxy) is 1. The number of rotatable bonds is 5. The monoisotopic (exact) mass is 145 g/mol. The van der Waals surface area contributed by atoms with E-state index in [1.54, 1.807) is 7.11 Å². The first-order valence-electron chi connectivity index (χ1n) is 3.33. The summed E-state index contributed by atoms with van der Waals surface area (Å²) in [6.45, 7) is 0.886. The van der Waals surface area contributed by atoms with Gasteiger partial charge in [0.25, 0.3) is 0 Å².